The average molecular weight is 231 g/mol. The molecule has 0 saturated carbocycles. The van der Waals surface area contributed by atoms with E-state index in [2.05, 4.69) is 44.8 Å². The molecular weight excluding hydrogens is 202 g/mol. The smallest absolute Gasteiger partial charge is 0.0158 e. The highest BCUT2D eigenvalue weighted by Gasteiger charge is 2.07. The van der Waals surface area contributed by atoms with E-state index in [1.807, 2.05) is 0 Å². The maximum atomic E-state index is 3.64. The minimum Gasteiger partial charge on any atom is -0.313 e. The van der Waals surface area contributed by atoms with Crippen molar-refractivity contribution in [1.29, 1.82) is 0 Å². The Hall–Kier alpha value is 0.310. The third-order valence-corrected chi connectivity index (χ3v) is 4.18. The second kappa shape index (κ2) is 10.8. The quantitative estimate of drug-likeness (QED) is 0.611. The Kier molecular flexibility index (Phi) is 11.0. The predicted molar refractivity (Wildman–Crippen MR) is 73.8 cm³/mol. The summed E-state index contributed by atoms with van der Waals surface area (Å²) in [4.78, 5) is 0. The standard InChI is InChI=1S/C13H29NS/c1-5-8-13(14-9-6-2)11-15-10-12(4)7-3/h12-14H,5-11H2,1-4H3. The SMILES string of the molecule is CCCNC(CCC)CSCC(C)CC. The molecule has 0 aliphatic heterocycles. The van der Waals surface area contributed by atoms with E-state index in [-0.39, 0.29) is 0 Å². The Morgan fingerprint density at radius 3 is 2.33 bits per heavy atom. The molecule has 1 nitrogen and oxygen atoms in total. The summed E-state index contributed by atoms with van der Waals surface area (Å²) in [5, 5.41) is 3.64. The van der Waals surface area contributed by atoms with Crippen molar-refractivity contribution in [3.05, 3.63) is 0 Å². The number of nitrogens with one attached hydrogen (secondary N) is 1. The fourth-order valence-electron chi connectivity index (χ4n) is 1.47. The van der Waals surface area contributed by atoms with Crippen molar-refractivity contribution in [3.63, 3.8) is 0 Å². The molecule has 0 aliphatic rings. The van der Waals surface area contributed by atoms with Gasteiger partial charge in [0.1, 0.15) is 0 Å². The first-order valence-corrected chi connectivity index (χ1v) is 7.71. The van der Waals surface area contributed by atoms with Gasteiger partial charge in [0.15, 0.2) is 0 Å². The molecule has 92 valence electrons. The van der Waals surface area contributed by atoms with Crippen LogP contribution in [-0.4, -0.2) is 24.1 Å². The summed E-state index contributed by atoms with van der Waals surface area (Å²) in [7, 11) is 0. The van der Waals surface area contributed by atoms with Gasteiger partial charge in [0.25, 0.3) is 0 Å². The third-order valence-electron chi connectivity index (χ3n) is 2.74. The molecule has 0 aromatic heterocycles. The van der Waals surface area contributed by atoms with Gasteiger partial charge in [-0.2, -0.15) is 11.8 Å². The van der Waals surface area contributed by atoms with Gasteiger partial charge in [-0.3, -0.25) is 0 Å². The molecule has 0 fully saturated rings. The lowest BCUT2D eigenvalue weighted by molar-refractivity contribution is 0.514. The predicted octanol–water partition coefficient (Wildman–Crippen LogP) is 3.93. The lowest BCUT2D eigenvalue weighted by Gasteiger charge is -2.18. The number of hydrogen-bond donors (Lipinski definition) is 1. The monoisotopic (exact) mass is 231 g/mol. The lowest BCUT2D eigenvalue weighted by atomic mass is 10.2. The molecule has 2 heteroatoms. The van der Waals surface area contributed by atoms with Crippen LogP contribution in [0.3, 0.4) is 0 Å². The van der Waals surface area contributed by atoms with Crippen LogP contribution in [-0.2, 0) is 0 Å². The van der Waals surface area contributed by atoms with Crippen LogP contribution < -0.4 is 5.32 Å². The summed E-state index contributed by atoms with van der Waals surface area (Å²) in [5.41, 5.74) is 0. The van der Waals surface area contributed by atoms with Gasteiger partial charge < -0.3 is 5.32 Å². The van der Waals surface area contributed by atoms with Crippen LogP contribution in [0, 0.1) is 5.92 Å². The number of rotatable bonds is 10. The van der Waals surface area contributed by atoms with Crippen LogP contribution >= 0.6 is 11.8 Å². The van der Waals surface area contributed by atoms with Gasteiger partial charge in [0.2, 0.25) is 0 Å². The van der Waals surface area contributed by atoms with E-state index in [4.69, 9.17) is 0 Å². The second-order valence-electron chi connectivity index (χ2n) is 4.49. The van der Waals surface area contributed by atoms with Gasteiger partial charge in [-0.15, -0.1) is 0 Å². The van der Waals surface area contributed by atoms with Gasteiger partial charge in [-0.25, -0.2) is 0 Å². The van der Waals surface area contributed by atoms with Gasteiger partial charge in [0, 0.05) is 11.8 Å². The molecule has 2 atom stereocenters. The van der Waals surface area contributed by atoms with Gasteiger partial charge in [-0.1, -0.05) is 40.5 Å². The van der Waals surface area contributed by atoms with Crippen molar-refractivity contribution in [3.8, 4) is 0 Å². The van der Waals surface area contributed by atoms with Crippen LogP contribution in [0.15, 0.2) is 0 Å². The third kappa shape index (κ3) is 9.25. The molecule has 2 unspecified atom stereocenters. The van der Waals surface area contributed by atoms with Crippen molar-refractivity contribution in [1.82, 2.24) is 5.32 Å². The highest BCUT2D eigenvalue weighted by molar-refractivity contribution is 7.99. The van der Waals surface area contributed by atoms with Gasteiger partial charge in [-0.05, 0) is 31.1 Å². The van der Waals surface area contributed by atoms with Crippen molar-refractivity contribution in [2.75, 3.05) is 18.1 Å². The number of hydrogen-bond acceptors (Lipinski definition) is 2. The highest BCUT2D eigenvalue weighted by atomic mass is 32.2. The summed E-state index contributed by atoms with van der Waals surface area (Å²) in [6, 6.07) is 0.740. The molecule has 0 bridgehead atoms. The molecular formula is C13H29NS. The molecule has 0 spiro atoms. The zero-order chi connectivity index (χ0) is 11.5. The Bertz CT molecular complexity index is 128. The molecule has 0 radical (unpaired) electrons. The number of thioether (sulfide) groups is 1. The van der Waals surface area contributed by atoms with E-state index >= 15 is 0 Å². The van der Waals surface area contributed by atoms with E-state index in [0.717, 1.165) is 12.0 Å². The summed E-state index contributed by atoms with van der Waals surface area (Å²) in [6.07, 6.45) is 5.18. The summed E-state index contributed by atoms with van der Waals surface area (Å²) >= 11 is 2.12. The van der Waals surface area contributed by atoms with E-state index < -0.39 is 0 Å². The van der Waals surface area contributed by atoms with Crippen molar-refractivity contribution >= 4 is 11.8 Å². The molecule has 0 rings (SSSR count). The average Bonchev–Trinajstić information content (AvgIpc) is 2.25. The fraction of sp³-hybridized carbons (Fsp3) is 1.00. The van der Waals surface area contributed by atoms with E-state index in [0.29, 0.717) is 0 Å². The molecule has 0 aliphatic carbocycles. The Morgan fingerprint density at radius 1 is 1.07 bits per heavy atom. The topological polar surface area (TPSA) is 12.0 Å². The van der Waals surface area contributed by atoms with Crippen LogP contribution in [0.4, 0.5) is 0 Å². The van der Waals surface area contributed by atoms with Gasteiger partial charge in [0.05, 0.1) is 0 Å². The maximum absolute atomic E-state index is 3.64. The van der Waals surface area contributed by atoms with Crippen molar-refractivity contribution < 1.29 is 0 Å². The van der Waals surface area contributed by atoms with Crippen LogP contribution in [0.5, 0.6) is 0 Å². The molecule has 0 aromatic carbocycles. The first-order chi connectivity index (χ1) is 7.24. The van der Waals surface area contributed by atoms with Crippen LogP contribution in [0.1, 0.15) is 53.4 Å². The van der Waals surface area contributed by atoms with E-state index in [1.165, 1.54) is 43.7 Å². The molecule has 0 amide bonds. The van der Waals surface area contributed by atoms with E-state index in [1.54, 1.807) is 0 Å². The molecule has 0 saturated heterocycles. The Balaban J connectivity index is 3.55. The Morgan fingerprint density at radius 2 is 1.80 bits per heavy atom. The van der Waals surface area contributed by atoms with E-state index in [9.17, 15) is 0 Å². The Labute approximate surface area is 101 Å². The molecule has 1 N–H and O–H groups in total. The summed E-state index contributed by atoms with van der Waals surface area (Å²) < 4.78 is 0. The zero-order valence-corrected chi connectivity index (χ0v) is 11.8. The van der Waals surface area contributed by atoms with Crippen molar-refractivity contribution in [2.24, 2.45) is 5.92 Å². The first-order valence-electron chi connectivity index (χ1n) is 6.55. The molecule has 0 aromatic rings. The maximum Gasteiger partial charge on any atom is 0.0158 e. The first kappa shape index (κ1) is 15.3. The van der Waals surface area contributed by atoms with Crippen molar-refractivity contribution in [2.45, 2.75) is 59.4 Å². The molecule has 0 heterocycles. The summed E-state index contributed by atoms with van der Waals surface area (Å²) in [5.74, 6) is 3.49. The molecule has 15 heavy (non-hydrogen) atoms. The van der Waals surface area contributed by atoms with Gasteiger partial charge >= 0.3 is 0 Å². The minimum atomic E-state index is 0.740. The largest absolute Gasteiger partial charge is 0.313 e. The minimum absolute atomic E-state index is 0.740. The second-order valence-corrected chi connectivity index (χ2v) is 5.57. The zero-order valence-electron chi connectivity index (χ0n) is 11.0. The van der Waals surface area contributed by atoms with Crippen LogP contribution in [0.2, 0.25) is 0 Å². The van der Waals surface area contributed by atoms with Crippen LogP contribution in [0.25, 0.3) is 0 Å². The normalized spacial score (nSPS) is 15.2. The lowest BCUT2D eigenvalue weighted by Crippen LogP contribution is -2.32. The summed E-state index contributed by atoms with van der Waals surface area (Å²) in [6.45, 7) is 10.3. The fourth-order valence-corrected chi connectivity index (χ4v) is 2.81. The highest BCUT2D eigenvalue weighted by Crippen LogP contribution is 2.14.